The van der Waals surface area contributed by atoms with Crippen LogP contribution in [0.4, 0.5) is 0 Å². The maximum Gasteiger partial charge on any atom is 0.212 e. The summed E-state index contributed by atoms with van der Waals surface area (Å²) in [5, 5.41) is 16.8. The Balaban J connectivity index is 1.81. The number of aromatic nitrogens is 3. The molecule has 0 atom stereocenters. The summed E-state index contributed by atoms with van der Waals surface area (Å²) in [6, 6.07) is 11.7. The van der Waals surface area contributed by atoms with E-state index in [0.29, 0.717) is 5.02 Å². The van der Waals surface area contributed by atoms with E-state index in [-0.39, 0.29) is 0 Å². The van der Waals surface area contributed by atoms with E-state index in [0.717, 1.165) is 28.0 Å². The van der Waals surface area contributed by atoms with Crippen molar-refractivity contribution in [2.45, 2.75) is 5.16 Å². The van der Waals surface area contributed by atoms with Gasteiger partial charge < -0.3 is 0 Å². The number of hydrogen-bond donors (Lipinski definition) is 0. The number of halogens is 1. The number of nitrogens with zero attached hydrogens (tertiary/aromatic N) is 4. The molecular formula is C14H9ClN4S2. The first-order valence-electron chi connectivity index (χ1n) is 6.27. The van der Waals surface area contributed by atoms with Crippen molar-refractivity contribution in [3.63, 3.8) is 0 Å². The molecule has 0 aliphatic carbocycles. The molecular weight excluding hydrogens is 324 g/mol. The quantitative estimate of drug-likeness (QED) is 0.712. The zero-order valence-electron chi connectivity index (χ0n) is 10.7. The molecule has 4 nitrogen and oxygen atoms in total. The first-order valence-corrected chi connectivity index (χ1v) is 8.51. The molecule has 1 aliphatic rings. The third kappa shape index (κ3) is 2.39. The summed E-state index contributed by atoms with van der Waals surface area (Å²) in [5.41, 5.74) is 2.01. The minimum absolute atomic E-state index is 0.703. The van der Waals surface area contributed by atoms with E-state index in [1.54, 1.807) is 23.1 Å². The van der Waals surface area contributed by atoms with Crippen molar-refractivity contribution < 1.29 is 0 Å². The van der Waals surface area contributed by atoms with Crippen LogP contribution in [0, 0.1) is 0 Å². The molecule has 21 heavy (non-hydrogen) atoms. The van der Waals surface area contributed by atoms with E-state index in [1.807, 2.05) is 35.0 Å². The van der Waals surface area contributed by atoms with Gasteiger partial charge in [0.1, 0.15) is 0 Å². The number of thioether (sulfide) groups is 1. The lowest BCUT2D eigenvalue weighted by atomic mass is 10.2. The second-order valence-corrected chi connectivity index (χ2v) is 6.76. The molecule has 0 unspecified atom stereocenters. The second-order valence-electron chi connectivity index (χ2n) is 4.44. The molecule has 3 heterocycles. The first kappa shape index (κ1) is 13.1. The van der Waals surface area contributed by atoms with Gasteiger partial charge in [0.15, 0.2) is 5.82 Å². The van der Waals surface area contributed by atoms with Gasteiger partial charge in [-0.15, -0.1) is 21.5 Å². The summed E-state index contributed by atoms with van der Waals surface area (Å²) in [5.74, 6) is 1.56. The predicted octanol–water partition coefficient (Wildman–Crippen LogP) is 4.02. The maximum atomic E-state index is 5.93. The first-order chi connectivity index (χ1) is 10.3. The van der Waals surface area contributed by atoms with Crippen LogP contribution >= 0.6 is 34.7 Å². The van der Waals surface area contributed by atoms with Gasteiger partial charge in [-0.1, -0.05) is 29.4 Å². The zero-order chi connectivity index (χ0) is 14.2. The van der Waals surface area contributed by atoms with Crippen molar-refractivity contribution in [1.29, 1.82) is 0 Å². The smallest absolute Gasteiger partial charge is 0.186 e. The highest BCUT2D eigenvalue weighted by Gasteiger charge is 2.20. The van der Waals surface area contributed by atoms with E-state index in [4.69, 9.17) is 16.7 Å². The number of rotatable bonds is 2. The SMILES string of the molecule is Clc1ccc(-c2nnc3n2N=C(c2cccs2)CS3)cc1. The predicted molar refractivity (Wildman–Crippen MR) is 87.4 cm³/mol. The van der Waals surface area contributed by atoms with Crippen LogP contribution in [-0.2, 0) is 0 Å². The van der Waals surface area contributed by atoms with Gasteiger partial charge in [0.05, 0.1) is 10.6 Å². The van der Waals surface area contributed by atoms with Crippen molar-refractivity contribution in [2.24, 2.45) is 5.10 Å². The lowest BCUT2D eigenvalue weighted by molar-refractivity contribution is 0.763. The number of thiophene rings is 1. The summed E-state index contributed by atoms with van der Waals surface area (Å²) in [7, 11) is 0. The summed E-state index contributed by atoms with van der Waals surface area (Å²) in [4.78, 5) is 1.18. The lowest BCUT2D eigenvalue weighted by Gasteiger charge is -2.12. The Hall–Kier alpha value is -1.63. The third-order valence-electron chi connectivity index (χ3n) is 3.08. The average Bonchev–Trinajstić information content (AvgIpc) is 3.17. The molecule has 1 aliphatic heterocycles. The number of benzene rings is 1. The molecule has 0 N–H and O–H groups in total. The van der Waals surface area contributed by atoms with Crippen LogP contribution in [0.2, 0.25) is 5.02 Å². The molecule has 7 heteroatoms. The summed E-state index contributed by atoms with van der Waals surface area (Å²) in [6.07, 6.45) is 0. The van der Waals surface area contributed by atoms with E-state index in [1.165, 1.54) is 4.88 Å². The molecule has 0 bridgehead atoms. The summed E-state index contributed by atoms with van der Waals surface area (Å²) < 4.78 is 1.81. The van der Waals surface area contributed by atoms with E-state index < -0.39 is 0 Å². The third-order valence-corrected chi connectivity index (χ3v) is 5.18. The zero-order valence-corrected chi connectivity index (χ0v) is 13.1. The standard InChI is InChI=1S/C14H9ClN4S2/c15-10-5-3-9(4-6-10)13-16-17-14-19(13)18-11(8-21-14)12-2-1-7-20-12/h1-7H,8H2. The van der Waals surface area contributed by atoms with E-state index >= 15 is 0 Å². The topological polar surface area (TPSA) is 43.1 Å². The highest BCUT2D eigenvalue weighted by Crippen LogP contribution is 2.29. The minimum atomic E-state index is 0.703. The molecule has 4 rings (SSSR count). The molecule has 0 radical (unpaired) electrons. The Morgan fingerprint density at radius 2 is 1.95 bits per heavy atom. The highest BCUT2D eigenvalue weighted by atomic mass is 35.5. The molecule has 0 fully saturated rings. The van der Waals surface area contributed by atoms with Crippen molar-refractivity contribution in [2.75, 3.05) is 5.75 Å². The van der Waals surface area contributed by atoms with Gasteiger partial charge in [-0.25, -0.2) is 0 Å². The van der Waals surface area contributed by atoms with Crippen LogP contribution in [0.25, 0.3) is 11.4 Å². The average molecular weight is 333 g/mol. The minimum Gasteiger partial charge on any atom is -0.186 e. The molecule has 1 aromatic carbocycles. The molecule has 0 saturated carbocycles. The van der Waals surface area contributed by atoms with Crippen LogP contribution in [0.5, 0.6) is 0 Å². The summed E-state index contributed by atoms with van der Waals surface area (Å²) in [6.45, 7) is 0. The van der Waals surface area contributed by atoms with Crippen LogP contribution < -0.4 is 0 Å². The Bertz CT molecular complexity index is 806. The Labute approximate surface area is 134 Å². The fourth-order valence-corrected chi connectivity index (χ4v) is 3.82. The fourth-order valence-electron chi connectivity index (χ4n) is 2.07. The van der Waals surface area contributed by atoms with Gasteiger partial charge >= 0.3 is 0 Å². The van der Waals surface area contributed by atoms with Gasteiger partial charge in [-0.05, 0) is 35.7 Å². The van der Waals surface area contributed by atoms with Crippen molar-refractivity contribution in [3.8, 4) is 11.4 Å². The molecule has 3 aromatic rings. The lowest BCUT2D eigenvalue weighted by Crippen LogP contribution is -2.12. The monoisotopic (exact) mass is 332 g/mol. The van der Waals surface area contributed by atoms with Gasteiger partial charge in [-0.2, -0.15) is 9.78 Å². The van der Waals surface area contributed by atoms with Crippen LogP contribution in [0.1, 0.15) is 4.88 Å². The molecule has 0 spiro atoms. The Morgan fingerprint density at radius 3 is 2.71 bits per heavy atom. The van der Waals surface area contributed by atoms with Crippen molar-refractivity contribution in [3.05, 3.63) is 51.7 Å². The van der Waals surface area contributed by atoms with Gasteiger partial charge in [-0.3, -0.25) is 0 Å². The van der Waals surface area contributed by atoms with E-state index in [2.05, 4.69) is 21.6 Å². The fraction of sp³-hybridized carbons (Fsp3) is 0.0714. The number of fused-ring (bicyclic) bond motifs is 1. The van der Waals surface area contributed by atoms with Gasteiger partial charge in [0.2, 0.25) is 5.16 Å². The van der Waals surface area contributed by atoms with Gasteiger partial charge in [0, 0.05) is 16.3 Å². The molecule has 0 amide bonds. The van der Waals surface area contributed by atoms with Crippen LogP contribution in [-0.4, -0.2) is 26.3 Å². The summed E-state index contributed by atoms with van der Waals surface area (Å²) >= 11 is 9.28. The highest BCUT2D eigenvalue weighted by molar-refractivity contribution is 7.99. The van der Waals surface area contributed by atoms with Crippen LogP contribution in [0.3, 0.4) is 0 Å². The van der Waals surface area contributed by atoms with E-state index in [9.17, 15) is 0 Å². The number of hydrogen-bond acceptors (Lipinski definition) is 5. The Kier molecular flexibility index (Phi) is 3.29. The molecule has 2 aromatic heterocycles. The largest absolute Gasteiger partial charge is 0.212 e. The molecule has 0 saturated heterocycles. The van der Waals surface area contributed by atoms with Gasteiger partial charge in [0.25, 0.3) is 0 Å². The second kappa shape index (κ2) is 5.29. The molecule has 104 valence electrons. The Morgan fingerprint density at radius 1 is 1.10 bits per heavy atom. The maximum absolute atomic E-state index is 5.93. The van der Waals surface area contributed by atoms with Crippen LogP contribution in [0.15, 0.2) is 52.0 Å². The van der Waals surface area contributed by atoms with Crippen molar-refractivity contribution in [1.82, 2.24) is 14.9 Å². The normalized spacial score (nSPS) is 13.9. The van der Waals surface area contributed by atoms with Crippen molar-refractivity contribution >= 4 is 40.4 Å².